The second kappa shape index (κ2) is 5.26. The molecule has 1 aromatic carbocycles. The van der Waals surface area contributed by atoms with Crippen LogP contribution in [0.5, 0.6) is 0 Å². The van der Waals surface area contributed by atoms with E-state index in [4.69, 9.17) is 10.5 Å². The van der Waals surface area contributed by atoms with Crippen LogP contribution in [-0.2, 0) is 16.8 Å². The normalized spacial score (nSPS) is 30.3. The van der Waals surface area contributed by atoms with E-state index >= 15 is 0 Å². The maximum absolute atomic E-state index is 6.28. The number of methoxy groups -OCH3 is 1. The van der Waals surface area contributed by atoms with E-state index in [9.17, 15) is 0 Å². The molecular weight excluding hydrogens is 234 g/mol. The summed E-state index contributed by atoms with van der Waals surface area (Å²) in [5.74, 6) is 0. The number of benzene rings is 1. The van der Waals surface area contributed by atoms with Crippen molar-refractivity contribution in [2.24, 2.45) is 11.1 Å². The zero-order valence-corrected chi connectivity index (χ0v) is 12.7. The van der Waals surface area contributed by atoms with Crippen molar-refractivity contribution >= 4 is 0 Å². The minimum Gasteiger partial charge on any atom is -0.380 e. The highest BCUT2D eigenvalue weighted by atomic mass is 16.5. The van der Waals surface area contributed by atoms with E-state index in [1.165, 1.54) is 17.5 Å². The Hall–Kier alpha value is -0.860. The fourth-order valence-electron chi connectivity index (χ4n) is 3.95. The zero-order valence-electron chi connectivity index (χ0n) is 12.7. The van der Waals surface area contributed by atoms with E-state index in [0.29, 0.717) is 18.1 Å². The monoisotopic (exact) mass is 261 g/mol. The summed E-state index contributed by atoms with van der Waals surface area (Å²) >= 11 is 0. The van der Waals surface area contributed by atoms with Gasteiger partial charge in [0.1, 0.15) is 0 Å². The lowest BCUT2D eigenvalue weighted by Crippen LogP contribution is -2.44. The smallest absolute Gasteiger partial charge is 0.0713 e. The van der Waals surface area contributed by atoms with Crippen molar-refractivity contribution < 1.29 is 4.74 Å². The van der Waals surface area contributed by atoms with Crippen LogP contribution in [0.3, 0.4) is 0 Å². The van der Waals surface area contributed by atoms with Gasteiger partial charge in [-0.25, -0.2) is 0 Å². The van der Waals surface area contributed by atoms with Gasteiger partial charge in [-0.05, 0) is 41.2 Å². The van der Waals surface area contributed by atoms with Crippen LogP contribution >= 0.6 is 0 Å². The van der Waals surface area contributed by atoms with Crippen molar-refractivity contribution in [3.8, 4) is 0 Å². The van der Waals surface area contributed by atoms with Crippen molar-refractivity contribution in [2.45, 2.75) is 58.1 Å². The molecule has 0 aliphatic heterocycles. The van der Waals surface area contributed by atoms with Gasteiger partial charge in [-0.15, -0.1) is 0 Å². The van der Waals surface area contributed by atoms with Gasteiger partial charge in [-0.2, -0.15) is 0 Å². The molecule has 0 spiro atoms. The van der Waals surface area contributed by atoms with E-state index < -0.39 is 0 Å². The molecule has 106 valence electrons. The average Bonchev–Trinajstić information content (AvgIpc) is 2.26. The van der Waals surface area contributed by atoms with Gasteiger partial charge in [0.2, 0.25) is 0 Å². The van der Waals surface area contributed by atoms with Gasteiger partial charge < -0.3 is 10.5 Å². The lowest BCUT2D eigenvalue weighted by molar-refractivity contribution is 0.140. The highest BCUT2D eigenvalue weighted by molar-refractivity contribution is 5.30. The molecule has 0 heterocycles. The topological polar surface area (TPSA) is 35.2 Å². The molecule has 2 nitrogen and oxygen atoms in total. The summed E-state index contributed by atoms with van der Waals surface area (Å²) in [7, 11) is 1.73. The van der Waals surface area contributed by atoms with Gasteiger partial charge in [0, 0.05) is 13.2 Å². The Labute approximate surface area is 117 Å². The van der Waals surface area contributed by atoms with Gasteiger partial charge in [0.15, 0.2) is 0 Å². The minimum atomic E-state index is 0.201. The van der Waals surface area contributed by atoms with Crippen LogP contribution in [-0.4, -0.2) is 13.2 Å². The third-order valence-electron chi connectivity index (χ3n) is 4.36. The number of ether oxygens (including phenoxy) is 1. The van der Waals surface area contributed by atoms with Crippen LogP contribution < -0.4 is 5.73 Å². The minimum absolute atomic E-state index is 0.201. The summed E-state index contributed by atoms with van der Waals surface area (Å²) in [5.41, 5.74) is 9.46. The molecule has 2 rings (SSSR count). The Morgan fingerprint density at radius 3 is 2.32 bits per heavy atom. The average molecular weight is 261 g/mol. The van der Waals surface area contributed by atoms with Crippen molar-refractivity contribution in [1.29, 1.82) is 0 Å². The fourth-order valence-corrected chi connectivity index (χ4v) is 3.95. The molecule has 2 heteroatoms. The molecule has 1 saturated carbocycles. The molecule has 1 aliphatic carbocycles. The second-order valence-corrected chi connectivity index (χ2v) is 7.20. The molecule has 2 atom stereocenters. The molecule has 1 fully saturated rings. The highest BCUT2D eigenvalue weighted by Gasteiger charge is 2.40. The molecule has 0 saturated heterocycles. The Bertz CT molecular complexity index is 423. The predicted octanol–water partition coefficient (Wildman–Crippen LogP) is 3.63. The van der Waals surface area contributed by atoms with Crippen LogP contribution in [0.1, 0.15) is 51.2 Å². The molecule has 2 unspecified atom stereocenters. The first-order chi connectivity index (χ1) is 8.85. The van der Waals surface area contributed by atoms with Crippen molar-refractivity contribution in [3.05, 3.63) is 35.4 Å². The van der Waals surface area contributed by atoms with E-state index in [2.05, 4.69) is 45.0 Å². The molecule has 0 bridgehead atoms. The maximum Gasteiger partial charge on any atom is 0.0713 e. The third-order valence-corrected chi connectivity index (χ3v) is 4.36. The number of hydrogen-bond acceptors (Lipinski definition) is 2. The summed E-state index contributed by atoms with van der Waals surface area (Å²) < 4.78 is 5.17. The Morgan fingerprint density at radius 1 is 1.16 bits per heavy atom. The summed E-state index contributed by atoms with van der Waals surface area (Å²) in [6.45, 7) is 7.72. The SMILES string of the molecule is COCc1ccc(C2(C)CC(N)CC(C)(C)C2)cc1. The van der Waals surface area contributed by atoms with Gasteiger partial charge in [-0.3, -0.25) is 0 Å². The molecule has 1 aliphatic rings. The quantitative estimate of drug-likeness (QED) is 0.901. The molecular formula is C17H27NO. The largest absolute Gasteiger partial charge is 0.380 e. The fraction of sp³-hybridized carbons (Fsp3) is 0.647. The van der Waals surface area contributed by atoms with Crippen LogP contribution in [0.2, 0.25) is 0 Å². The van der Waals surface area contributed by atoms with Crippen molar-refractivity contribution in [3.63, 3.8) is 0 Å². The third kappa shape index (κ3) is 3.37. The number of rotatable bonds is 3. The van der Waals surface area contributed by atoms with Gasteiger partial charge >= 0.3 is 0 Å². The molecule has 0 radical (unpaired) electrons. The molecule has 0 amide bonds. The molecule has 0 aromatic heterocycles. The Morgan fingerprint density at radius 2 is 1.79 bits per heavy atom. The maximum atomic E-state index is 6.28. The first kappa shape index (κ1) is 14.5. The number of hydrogen-bond donors (Lipinski definition) is 1. The summed E-state index contributed by atoms with van der Waals surface area (Å²) in [5, 5.41) is 0. The lowest BCUT2D eigenvalue weighted by Gasteiger charge is -2.46. The van der Waals surface area contributed by atoms with Crippen LogP contribution in [0.25, 0.3) is 0 Å². The number of nitrogens with two attached hydrogens (primary N) is 1. The van der Waals surface area contributed by atoms with E-state index in [-0.39, 0.29) is 5.41 Å². The van der Waals surface area contributed by atoms with Crippen molar-refractivity contribution in [1.82, 2.24) is 0 Å². The Balaban J connectivity index is 2.23. The van der Waals surface area contributed by atoms with Crippen LogP contribution in [0.4, 0.5) is 0 Å². The van der Waals surface area contributed by atoms with Crippen LogP contribution in [0.15, 0.2) is 24.3 Å². The highest BCUT2D eigenvalue weighted by Crippen LogP contribution is 2.47. The van der Waals surface area contributed by atoms with Crippen LogP contribution in [0, 0.1) is 5.41 Å². The van der Waals surface area contributed by atoms with Crippen molar-refractivity contribution in [2.75, 3.05) is 7.11 Å². The van der Waals surface area contributed by atoms with Gasteiger partial charge in [0.05, 0.1) is 6.61 Å². The van der Waals surface area contributed by atoms with E-state index in [0.717, 1.165) is 12.8 Å². The van der Waals surface area contributed by atoms with Gasteiger partial charge in [-0.1, -0.05) is 45.0 Å². The summed E-state index contributed by atoms with van der Waals surface area (Å²) in [6, 6.07) is 9.17. The summed E-state index contributed by atoms with van der Waals surface area (Å²) in [4.78, 5) is 0. The first-order valence-corrected chi connectivity index (χ1v) is 7.19. The predicted molar refractivity (Wildman–Crippen MR) is 80.1 cm³/mol. The molecule has 1 aromatic rings. The zero-order chi connectivity index (χ0) is 14.1. The van der Waals surface area contributed by atoms with Gasteiger partial charge in [0.25, 0.3) is 0 Å². The van der Waals surface area contributed by atoms with E-state index in [1.807, 2.05) is 0 Å². The first-order valence-electron chi connectivity index (χ1n) is 7.19. The summed E-state index contributed by atoms with van der Waals surface area (Å²) in [6.07, 6.45) is 3.42. The molecule has 19 heavy (non-hydrogen) atoms. The van der Waals surface area contributed by atoms with E-state index in [1.54, 1.807) is 7.11 Å². The second-order valence-electron chi connectivity index (χ2n) is 7.20. The standard InChI is InChI=1S/C17H27NO/c1-16(2)9-15(18)10-17(3,12-16)14-7-5-13(6-8-14)11-19-4/h5-8,15H,9-12,18H2,1-4H3. The lowest BCUT2D eigenvalue weighted by atomic mass is 9.60. The molecule has 2 N–H and O–H groups in total. The Kier molecular flexibility index (Phi) is 4.03.